The molecule has 1 aliphatic rings. The number of nitrogen functional groups attached to an aromatic ring is 1. The summed E-state index contributed by atoms with van der Waals surface area (Å²) in [5.74, 6) is -3.41. The first-order valence-corrected chi connectivity index (χ1v) is 25.4. The first kappa shape index (κ1) is 59.5. The number of aldehydes is 1. The van der Waals surface area contributed by atoms with Gasteiger partial charge in [-0.2, -0.15) is 22.7 Å². The number of hydrogen-bond donors (Lipinski definition) is 2. The van der Waals surface area contributed by atoms with E-state index in [1.165, 1.54) is 30.1 Å². The second-order valence-corrected chi connectivity index (χ2v) is 20.2. The summed E-state index contributed by atoms with van der Waals surface area (Å²) in [6.45, 7) is 13.2. The predicted octanol–water partition coefficient (Wildman–Crippen LogP) is 11.1. The molecule has 6 aromatic rings. The van der Waals surface area contributed by atoms with Crippen LogP contribution in [0.15, 0.2) is 142 Å². The van der Waals surface area contributed by atoms with Gasteiger partial charge in [0.15, 0.2) is 30.2 Å². The minimum absolute atomic E-state index is 0.0169. The van der Waals surface area contributed by atoms with Crippen LogP contribution in [0, 0.1) is 10.8 Å². The van der Waals surface area contributed by atoms with Crippen molar-refractivity contribution >= 4 is 81.3 Å². The Morgan fingerprint density at radius 3 is 1.73 bits per heavy atom. The van der Waals surface area contributed by atoms with Crippen LogP contribution in [0.4, 0.5) is 11.4 Å². The van der Waals surface area contributed by atoms with E-state index in [1.807, 2.05) is 53.2 Å². The number of ketones is 4. The average molecular weight is 1060 g/mol. The molecule has 75 heavy (non-hydrogen) atoms. The van der Waals surface area contributed by atoms with Gasteiger partial charge < -0.3 is 29.8 Å². The van der Waals surface area contributed by atoms with E-state index in [0.717, 1.165) is 16.8 Å². The summed E-state index contributed by atoms with van der Waals surface area (Å²) < 4.78 is 19.7. The summed E-state index contributed by atoms with van der Waals surface area (Å²) in [4.78, 5) is 94.5. The number of nitrogens with two attached hydrogens (primary N) is 1. The van der Waals surface area contributed by atoms with Crippen LogP contribution in [0.5, 0.6) is 11.5 Å². The van der Waals surface area contributed by atoms with Gasteiger partial charge in [-0.1, -0.05) is 96.1 Å². The van der Waals surface area contributed by atoms with E-state index in [4.69, 9.17) is 15.2 Å². The molecule has 3 heterocycles. The van der Waals surface area contributed by atoms with Crippen LogP contribution < -0.4 is 20.1 Å². The molecule has 0 spiro atoms. The number of methoxy groups -OCH3 is 1. The highest BCUT2D eigenvalue weighted by Crippen LogP contribution is 2.46. The molecule has 2 aromatic heterocycles. The molecule has 1 unspecified atom stereocenters. The number of amides is 1. The third-order valence-electron chi connectivity index (χ3n) is 10.8. The Labute approximate surface area is 444 Å². The maximum atomic E-state index is 13.5. The largest absolute Gasteiger partial charge is 0.503 e. The van der Waals surface area contributed by atoms with Crippen molar-refractivity contribution < 1.29 is 62.4 Å². The zero-order valence-electron chi connectivity index (χ0n) is 43.4. The van der Waals surface area contributed by atoms with Gasteiger partial charge in [0.25, 0.3) is 5.91 Å². The number of para-hydroxylation sites is 2. The van der Waals surface area contributed by atoms with E-state index >= 15 is 0 Å². The van der Waals surface area contributed by atoms with Crippen LogP contribution in [0.2, 0.25) is 0 Å². The smallest absolute Gasteiger partial charge is 0.375 e. The summed E-state index contributed by atoms with van der Waals surface area (Å²) in [6, 6.07) is 32.2. The Morgan fingerprint density at radius 2 is 1.24 bits per heavy atom. The van der Waals surface area contributed by atoms with Gasteiger partial charge in [-0.15, -0.1) is 0 Å². The molecular formula is C58H62N2O13S2. The van der Waals surface area contributed by atoms with Gasteiger partial charge in [-0.3, -0.25) is 33.7 Å². The van der Waals surface area contributed by atoms with E-state index in [-0.39, 0.29) is 49.2 Å². The van der Waals surface area contributed by atoms with Crippen LogP contribution in [-0.2, 0) is 43.0 Å². The molecule has 0 fully saturated rings. The highest BCUT2D eigenvalue weighted by atomic mass is 32.1. The second-order valence-electron chi connectivity index (χ2n) is 18.7. The number of aliphatic hydroxyl groups is 1. The summed E-state index contributed by atoms with van der Waals surface area (Å²) in [7, 11) is 1.28. The lowest BCUT2D eigenvalue weighted by molar-refractivity contribution is -0.154. The number of anilines is 2. The lowest BCUT2D eigenvalue weighted by Crippen LogP contribution is -2.33. The predicted molar refractivity (Wildman–Crippen MR) is 291 cm³/mol. The van der Waals surface area contributed by atoms with E-state index in [2.05, 4.69) is 26.3 Å². The van der Waals surface area contributed by atoms with Crippen LogP contribution >= 0.6 is 22.7 Å². The van der Waals surface area contributed by atoms with Gasteiger partial charge in [0.1, 0.15) is 23.9 Å². The SMILES string of the molecule is CC(=O)COc1ccccc1C1C(C(=O)C(C)(C)C)=C(O)C(=O)N1c1ccc(-c2ccsc2)cc1.CCOC(=O)C(=O)CC(=O)C(C)(C)C.COC(=O)COc1ccccc1C=O.Nc1ccc(-c2ccsc2)cc1. The normalized spacial score (nSPS) is 12.8. The van der Waals surface area contributed by atoms with Crippen LogP contribution in [0.25, 0.3) is 22.3 Å². The van der Waals surface area contributed by atoms with Crippen molar-refractivity contribution in [3.63, 3.8) is 0 Å². The molecule has 17 heteroatoms. The highest BCUT2D eigenvalue weighted by molar-refractivity contribution is 7.08. The maximum Gasteiger partial charge on any atom is 0.375 e. The number of hydrogen-bond acceptors (Lipinski definition) is 16. The molecule has 15 nitrogen and oxygen atoms in total. The molecule has 1 atom stereocenters. The minimum atomic E-state index is -0.926. The molecular weight excluding hydrogens is 997 g/mol. The standard InChI is InChI=1S/C28H27NO5S.C10H9NS.C10H10O4.C10H16O4/c1-17(30)15-34-22-8-6-5-7-21(22)24-23(26(32)28(2,3)4)25(31)27(33)29(24)20-11-9-18(10-12-20)19-13-14-35-16-19;11-10-3-1-8(2-4-10)9-5-6-12-7-9;1-13-10(12)7-14-9-5-3-2-4-8(9)6-11;1-5-14-9(13)7(11)6-8(12)10(2,3)4/h5-14,16,24,31H,15H2,1-4H3;1-7H,11H2;2-6H,7H2,1H3;5-6H2,1-4H3. The fourth-order valence-electron chi connectivity index (χ4n) is 6.77. The van der Waals surface area contributed by atoms with Crippen molar-refractivity contribution in [3.05, 3.63) is 153 Å². The quantitative estimate of drug-likeness (QED) is 0.0303. The van der Waals surface area contributed by atoms with Gasteiger partial charge in [0.05, 0.1) is 37.3 Å². The van der Waals surface area contributed by atoms with Crippen molar-refractivity contribution in [3.8, 4) is 33.8 Å². The van der Waals surface area contributed by atoms with Crippen molar-refractivity contribution in [1.29, 1.82) is 0 Å². The van der Waals surface area contributed by atoms with Crippen molar-refractivity contribution in [2.45, 2.75) is 67.9 Å². The fraction of sp³-hybridized carbons (Fsp3) is 0.276. The topological polar surface area (TPSA) is 223 Å². The summed E-state index contributed by atoms with van der Waals surface area (Å²) >= 11 is 3.30. The molecule has 1 amide bonds. The monoisotopic (exact) mass is 1060 g/mol. The lowest BCUT2D eigenvalue weighted by atomic mass is 9.82. The molecule has 1 aliphatic heterocycles. The summed E-state index contributed by atoms with van der Waals surface area (Å²) in [5, 5.41) is 19.2. The Bertz CT molecular complexity index is 2950. The number of thiophene rings is 2. The van der Waals surface area contributed by atoms with E-state index in [1.54, 1.807) is 132 Å². The van der Waals surface area contributed by atoms with Crippen molar-refractivity contribution in [2.24, 2.45) is 10.8 Å². The van der Waals surface area contributed by atoms with E-state index < -0.39 is 46.3 Å². The third kappa shape index (κ3) is 17.3. The number of benzene rings is 4. The number of carbonyl (C=O) groups excluding carboxylic acids is 8. The Balaban J connectivity index is 0.000000249. The van der Waals surface area contributed by atoms with Gasteiger partial charge in [0, 0.05) is 27.8 Å². The number of ether oxygens (including phenoxy) is 4. The van der Waals surface area contributed by atoms with E-state index in [9.17, 15) is 43.5 Å². The number of rotatable bonds is 16. The molecule has 394 valence electrons. The average Bonchev–Trinajstić information content (AvgIpc) is 4.18. The first-order chi connectivity index (χ1) is 35.5. The van der Waals surface area contributed by atoms with Gasteiger partial charge >= 0.3 is 11.9 Å². The number of carbonyl (C=O) groups is 8. The van der Waals surface area contributed by atoms with Crippen LogP contribution in [0.3, 0.4) is 0 Å². The molecule has 7 rings (SSSR count). The molecule has 3 N–H and O–H groups in total. The summed E-state index contributed by atoms with van der Waals surface area (Å²) in [5.41, 5.74) is 11.0. The maximum absolute atomic E-state index is 13.5. The van der Waals surface area contributed by atoms with Crippen LogP contribution in [0.1, 0.15) is 83.8 Å². The van der Waals surface area contributed by atoms with Gasteiger partial charge in [-0.25, -0.2) is 9.59 Å². The zero-order chi connectivity index (χ0) is 55.5. The number of esters is 2. The molecule has 4 aromatic carbocycles. The fourth-order valence-corrected chi connectivity index (χ4v) is 8.10. The molecule has 0 radical (unpaired) electrons. The molecule has 0 bridgehead atoms. The van der Waals surface area contributed by atoms with Crippen molar-refractivity contribution in [1.82, 2.24) is 0 Å². The summed E-state index contributed by atoms with van der Waals surface area (Å²) in [6.07, 6.45) is 0.301. The minimum Gasteiger partial charge on any atom is -0.503 e. The Hall–Kier alpha value is -8.02. The Kier molecular flexibility index (Phi) is 22.1. The number of Topliss-reactive ketones (excluding diaryl/α,β-unsaturated/α-hetero) is 4. The zero-order valence-corrected chi connectivity index (χ0v) is 45.0. The molecule has 0 saturated carbocycles. The molecule has 0 saturated heterocycles. The Morgan fingerprint density at radius 1 is 0.707 bits per heavy atom. The van der Waals surface area contributed by atoms with Crippen LogP contribution in [-0.4, -0.2) is 79.3 Å². The van der Waals surface area contributed by atoms with Gasteiger partial charge in [0.2, 0.25) is 5.78 Å². The lowest BCUT2D eigenvalue weighted by Gasteiger charge is -2.30. The second kappa shape index (κ2) is 27.9. The highest BCUT2D eigenvalue weighted by Gasteiger charge is 2.47. The first-order valence-electron chi connectivity index (χ1n) is 23.5. The third-order valence-corrected chi connectivity index (χ3v) is 12.2. The number of aliphatic hydroxyl groups excluding tert-OH is 1. The van der Waals surface area contributed by atoms with E-state index in [0.29, 0.717) is 34.6 Å². The number of nitrogens with zero attached hydrogens (tertiary/aromatic N) is 1. The van der Waals surface area contributed by atoms with Gasteiger partial charge in [-0.05, 0) is 112 Å². The molecule has 0 aliphatic carbocycles. The van der Waals surface area contributed by atoms with Crippen molar-refractivity contribution in [2.75, 3.05) is 37.6 Å².